The number of hydrogen-bond donors (Lipinski definition) is 1. The Morgan fingerprint density at radius 2 is 1.95 bits per heavy atom. The van der Waals surface area contributed by atoms with Crippen molar-refractivity contribution in [1.29, 1.82) is 0 Å². The van der Waals surface area contributed by atoms with Crippen LogP contribution in [0.2, 0.25) is 0 Å². The largest absolute Gasteiger partial charge is 0.417 e. The highest BCUT2D eigenvalue weighted by atomic mass is 79.9. The van der Waals surface area contributed by atoms with E-state index in [9.17, 15) is 17.6 Å². The molecule has 3 rings (SSSR count). The number of fused-ring (bicyclic) bond motifs is 1. The molecule has 0 unspecified atom stereocenters. The molecule has 1 aromatic heterocycles. The van der Waals surface area contributed by atoms with Crippen LogP contribution in [0, 0.1) is 5.82 Å². The molecule has 1 aliphatic carbocycles. The Labute approximate surface area is 118 Å². The first-order valence-corrected chi connectivity index (χ1v) is 7.28. The molecule has 0 atom stereocenters. The van der Waals surface area contributed by atoms with Crippen LogP contribution in [0.3, 0.4) is 0 Å². The SMILES string of the molecule is Fc1cc(C(F)(F)F)c(Br)c2cc(SC3CC3)[nH]c12. The van der Waals surface area contributed by atoms with Gasteiger partial charge in [0.05, 0.1) is 16.1 Å². The van der Waals surface area contributed by atoms with Gasteiger partial charge in [0.15, 0.2) is 0 Å². The van der Waals surface area contributed by atoms with E-state index in [1.54, 1.807) is 17.8 Å². The van der Waals surface area contributed by atoms with Crippen LogP contribution < -0.4 is 0 Å². The molecule has 1 heterocycles. The lowest BCUT2D eigenvalue weighted by atomic mass is 10.1. The van der Waals surface area contributed by atoms with Gasteiger partial charge in [-0.15, -0.1) is 11.8 Å². The predicted octanol–water partition coefficient (Wildman–Crippen LogP) is 5.34. The molecule has 7 heteroatoms. The van der Waals surface area contributed by atoms with E-state index < -0.39 is 17.6 Å². The van der Waals surface area contributed by atoms with E-state index in [1.165, 1.54) is 0 Å². The molecular weight excluding hydrogens is 346 g/mol. The third kappa shape index (κ3) is 2.50. The highest BCUT2D eigenvalue weighted by Gasteiger charge is 2.35. The number of aromatic amines is 1. The minimum Gasteiger partial charge on any atom is -0.347 e. The van der Waals surface area contributed by atoms with Crippen molar-refractivity contribution in [3.8, 4) is 0 Å². The molecule has 102 valence electrons. The van der Waals surface area contributed by atoms with Gasteiger partial charge in [0.1, 0.15) is 5.82 Å². The van der Waals surface area contributed by atoms with Gasteiger partial charge in [-0.2, -0.15) is 13.2 Å². The fraction of sp³-hybridized carbons (Fsp3) is 0.333. The number of halogens is 5. The molecule has 1 fully saturated rings. The number of hydrogen-bond acceptors (Lipinski definition) is 1. The highest BCUT2D eigenvalue weighted by molar-refractivity contribution is 9.10. The molecule has 0 saturated heterocycles. The molecule has 19 heavy (non-hydrogen) atoms. The van der Waals surface area contributed by atoms with Crippen molar-refractivity contribution >= 4 is 38.6 Å². The summed E-state index contributed by atoms with van der Waals surface area (Å²) in [7, 11) is 0. The maximum absolute atomic E-state index is 13.8. The van der Waals surface area contributed by atoms with Gasteiger partial charge in [0, 0.05) is 15.1 Å². The molecule has 0 amide bonds. The van der Waals surface area contributed by atoms with E-state index >= 15 is 0 Å². The monoisotopic (exact) mass is 353 g/mol. The molecule has 0 spiro atoms. The molecule has 2 aromatic rings. The summed E-state index contributed by atoms with van der Waals surface area (Å²) in [5.41, 5.74) is -0.873. The standard InChI is InChI=1S/C12H8BrF4NS/c13-10-6-3-9(19-5-1-2-5)18-11(6)8(14)4-7(10)12(15,16)17/h3-5,18H,1-2H2. The van der Waals surface area contributed by atoms with Crippen LogP contribution in [-0.2, 0) is 6.18 Å². The van der Waals surface area contributed by atoms with E-state index in [0.717, 1.165) is 12.8 Å². The van der Waals surface area contributed by atoms with Gasteiger partial charge in [-0.25, -0.2) is 4.39 Å². The Morgan fingerprint density at radius 1 is 1.26 bits per heavy atom. The lowest BCUT2D eigenvalue weighted by Gasteiger charge is -2.10. The third-order valence-corrected chi connectivity index (χ3v) is 5.03. The predicted molar refractivity (Wildman–Crippen MR) is 69.8 cm³/mol. The van der Waals surface area contributed by atoms with E-state index in [2.05, 4.69) is 20.9 Å². The van der Waals surface area contributed by atoms with Gasteiger partial charge in [-0.1, -0.05) is 0 Å². The number of benzene rings is 1. The molecule has 0 radical (unpaired) electrons. The van der Waals surface area contributed by atoms with Crippen molar-refractivity contribution < 1.29 is 17.6 Å². The zero-order chi connectivity index (χ0) is 13.8. The normalized spacial score (nSPS) is 16.3. The Kier molecular flexibility index (Phi) is 3.09. The Morgan fingerprint density at radius 3 is 2.53 bits per heavy atom. The maximum Gasteiger partial charge on any atom is 0.417 e. The first-order valence-electron chi connectivity index (χ1n) is 5.61. The second kappa shape index (κ2) is 4.41. The van der Waals surface area contributed by atoms with Gasteiger partial charge in [-0.3, -0.25) is 0 Å². The van der Waals surface area contributed by atoms with Crippen molar-refractivity contribution in [3.63, 3.8) is 0 Å². The number of alkyl halides is 3. The Bertz CT molecular complexity index is 645. The second-order valence-electron chi connectivity index (χ2n) is 4.46. The van der Waals surface area contributed by atoms with Gasteiger partial charge in [0.25, 0.3) is 0 Å². The fourth-order valence-corrected chi connectivity index (χ4v) is 3.56. The van der Waals surface area contributed by atoms with Crippen molar-refractivity contribution in [3.05, 3.63) is 28.0 Å². The van der Waals surface area contributed by atoms with Gasteiger partial charge < -0.3 is 4.98 Å². The topological polar surface area (TPSA) is 15.8 Å². The van der Waals surface area contributed by atoms with Crippen LogP contribution in [0.25, 0.3) is 10.9 Å². The van der Waals surface area contributed by atoms with Crippen LogP contribution in [0.5, 0.6) is 0 Å². The van der Waals surface area contributed by atoms with E-state index in [4.69, 9.17) is 0 Å². The summed E-state index contributed by atoms with van der Waals surface area (Å²) in [4.78, 5) is 2.85. The molecule has 1 nitrogen and oxygen atoms in total. The molecule has 1 aromatic carbocycles. The van der Waals surface area contributed by atoms with Crippen LogP contribution in [0.1, 0.15) is 18.4 Å². The quantitative estimate of drug-likeness (QED) is 0.720. The number of nitrogens with one attached hydrogen (secondary N) is 1. The summed E-state index contributed by atoms with van der Waals surface area (Å²) in [6.07, 6.45) is -2.39. The van der Waals surface area contributed by atoms with Crippen LogP contribution >= 0.6 is 27.7 Å². The minimum absolute atomic E-state index is 0.114. The summed E-state index contributed by atoms with van der Waals surface area (Å²) in [5, 5.41) is 1.43. The second-order valence-corrected chi connectivity index (χ2v) is 6.59. The van der Waals surface area contributed by atoms with Crippen molar-refractivity contribution in [2.24, 2.45) is 0 Å². The lowest BCUT2D eigenvalue weighted by molar-refractivity contribution is -0.138. The summed E-state index contributed by atoms with van der Waals surface area (Å²) in [6, 6.07) is 2.09. The first kappa shape index (κ1) is 13.3. The van der Waals surface area contributed by atoms with E-state index in [1.807, 2.05) is 0 Å². The van der Waals surface area contributed by atoms with Crippen molar-refractivity contribution in [1.82, 2.24) is 4.98 Å². The lowest BCUT2D eigenvalue weighted by Crippen LogP contribution is -2.06. The number of rotatable bonds is 2. The average molecular weight is 354 g/mol. The Balaban J connectivity index is 2.15. The molecule has 1 N–H and O–H groups in total. The molecule has 1 saturated carbocycles. The van der Waals surface area contributed by atoms with Gasteiger partial charge >= 0.3 is 6.18 Å². The van der Waals surface area contributed by atoms with Gasteiger partial charge in [-0.05, 0) is 40.9 Å². The number of aromatic nitrogens is 1. The van der Waals surface area contributed by atoms with Crippen LogP contribution in [-0.4, -0.2) is 10.2 Å². The summed E-state index contributed by atoms with van der Waals surface area (Å²) in [5.74, 6) is -0.881. The van der Waals surface area contributed by atoms with Crippen LogP contribution in [0.4, 0.5) is 17.6 Å². The highest BCUT2D eigenvalue weighted by Crippen LogP contribution is 2.43. The minimum atomic E-state index is -4.57. The average Bonchev–Trinajstić information content (AvgIpc) is 2.99. The number of thioether (sulfide) groups is 1. The smallest absolute Gasteiger partial charge is 0.347 e. The zero-order valence-corrected chi connectivity index (χ0v) is 11.8. The van der Waals surface area contributed by atoms with E-state index in [0.29, 0.717) is 16.3 Å². The van der Waals surface area contributed by atoms with Crippen molar-refractivity contribution in [2.75, 3.05) is 0 Å². The fourth-order valence-electron chi connectivity index (χ4n) is 1.83. The summed E-state index contributed by atoms with van der Waals surface area (Å²) in [6.45, 7) is 0. The zero-order valence-electron chi connectivity index (χ0n) is 9.44. The Hall–Kier alpha value is -0.690. The number of H-pyrrole nitrogens is 1. The molecular formula is C12H8BrF4NS. The molecule has 0 aliphatic heterocycles. The first-order chi connectivity index (χ1) is 8.86. The maximum atomic E-state index is 13.8. The van der Waals surface area contributed by atoms with E-state index in [-0.39, 0.29) is 15.4 Å². The molecule has 1 aliphatic rings. The van der Waals surface area contributed by atoms with Crippen molar-refractivity contribution in [2.45, 2.75) is 29.3 Å². The van der Waals surface area contributed by atoms with Gasteiger partial charge in [0.2, 0.25) is 0 Å². The molecule has 0 bridgehead atoms. The third-order valence-electron chi connectivity index (χ3n) is 2.90. The summed E-state index contributed by atoms with van der Waals surface area (Å²) >= 11 is 4.47. The van der Waals surface area contributed by atoms with Crippen LogP contribution in [0.15, 0.2) is 21.6 Å². The summed E-state index contributed by atoms with van der Waals surface area (Å²) < 4.78 is 52.0.